The normalized spacial score (nSPS) is 10.2. The molecule has 3 heteroatoms. The summed E-state index contributed by atoms with van der Waals surface area (Å²) in [6.45, 7) is 2.23. The van der Waals surface area contributed by atoms with Gasteiger partial charge in [-0.05, 0) is 48.6 Å². The maximum absolute atomic E-state index is 4.40. The van der Waals surface area contributed by atoms with Gasteiger partial charge in [0.2, 0.25) is 0 Å². The van der Waals surface area contributed by atoms with Crippen molar-refractivity contribution in [3.63, 3.8) is 0 Å². The first-order valence-electron chi connectivity index (χ1n) is 8.42. The molecule has 0 aliphatic rings. The molecule has 0 radical (unpaired) electrons. The minimum atomic E-state index is 0.765. The highest BCUT2D eigenvalue weighted by Crippen LogP contribution is 2.12. The lowest BCUT2D eigenvalue weighted by Gasteiger charge is -2.04. The third-order valence-electron chi connectivity index (χ3n) is 3.85. The summed E-state index contributed by atoms with van der Waals surface area (Å²) in [5.74, 6) is 6.15. The van der Waals surface area contributed by atoms with Gasteiger partial charge in [-0.2, -0.15) is 5.10 Å². The number of benzene rings is 1. The van der Waals surface area contributed by atoms with Crippen LogP contribution < -0.4 is 0 Å². The lowest BCUT2D eigenvalue weighted by Crippen LogP contribution is -1.94. The summed E-state index contributed by atoms with van der Waals surface area (Å²) in [5, 5.41) is 4.40. The van der Waals surface area contributed by atoms with E-state index >= 15 is 0 Å². The predicted molar refractivity (Wildman–Crippen MR) is 97.0 cm³/mol. The first-order chi connectivity index (χ1) is 11.8. The van der Waals surface area contributed by atoms with Gasteiger partial charge >= 0.3 is 0 Å². The fourth-order valence-corrected chi connectivity index (χ4v) is 2.50. The first-order valence-corrected chi connectivity index (χ1v) is 8.42. The Kier molecular flexibility index (Phi) is 5.42. The fourth-order valence-electron chi connectivity index (χ4n) is 2.50. The quantitative estimate of drug-likeness (QED) is 0.516. The average Bonchev–Trinajstić information content (AvgIpc) is 3.11. The molecule has 0 spiro atoms. The molecule has 0 aliphatic heterocycles. The Bertz CT molecular complexity index is 821. The number of aromatic nitrogens is 3. The van der Waals surface area contributed by atoms with Gasteiger partial charge in [0.25, 0.3) is 0 Å². The summed E-state index contributed by atoms with van der Waals surface area (Å²) in [6, 6.07) is 14.3. The smallest absolute Gasteiger partial charge is 0.113 e. The number of aryl methyl sites for hydroxylation is 1. The molecule has 2 aromatic heterocycles. The number of rotatable bonds is 5. The van der Waals surface area contributed by atoms with E-state index in [9.17, 15) is 0 Å². The van der Waals surface area contributed by atoms with Gasteiger partial charge < -0.3 is 0 Å². The van der Waals surface area contributed by atoms with Crippen LogP contribution in [0.25, 0.3) is 5.69 Å². The van der Waals surface area contributed by atoms with Gasteiger partial charge in [0, 0.05) is 12.4 Å². The third-order valence-corrected chi connectivity index (χ3v) is 3.85. The number of hydrogen-bond acceptors (Lipinski definition) is 2. The molecule has 0 atom stereocenters. The van der Waals surface area contributed by atoms with E-state index in [2.05, 4.69) is 53.1 Å². The Morgan fingerprint density at radius 2 is 1.88 bits per heavy atom. The summed E-state index contributed by atoms with van der Waals surface area (Å²) < 4.78 is 1.86. The van der Waals surface area contributed by atoms with Crippen molar-refractivity contribution in [3.8, 4) is 17.5 Å². The second-order valence-electron chi connectivity index (χ2n) is 5.76. The highest BCUT2D eigenvalue weighted by molar-refractivity contribution is 5.40. The Morgan fingerprint density at radius 3 is 2.62 bits per heavy atom. The van der Waals surface area contributed by atoms with E-state index in [0.29, 0.717) is 0 Å². The summed E-state index contributed by atoms with van der Waals surface area (Å²) in [5.41, 5.74) is 4.09. The van der Waals surface area contributed by atoms with Crippen LogP contribution in [0.4, 0.5) is 0 Å². The van der Waals surface area contributed by atoms with Gasteiger partial charge in [0.05, 0.1) is 17.4 Å². The van der Waals surface area contributed by atoms with Crippen molar-refractivity contribution < 1.29 is 0 Å². The van der Waals surface area contributed by atoms with Crippen LogP contribution in [0.1, 0.15) is 43.0 Å². The lowest BCUT2D eigenvalue weighted by atomic mass is 10.1. The van der Waals surface area contributed by atoms with Crippen LogP contribution in [0.15, 0.2) is 61.1 Å². The zero-order valence-electron chi connectivity index (χ0n) is 13.9. The number of nitrogens with zero attached hydrogens (tertiary/aromatic N) is 3. The van der Waals surface area contributed by atoms with Gasteiger partial charge in [-0.3, -0.25) is 0 Å². The third kappa shape index (κ3) is 4.33. The molecule has 0 fully saturated rings. The van der Waals surface area contributed by atoms with Crippen molar-refractivity contribution in [3.05, 3.63) is 77.9 Å². The molecule has 0 aliphatic carbocycles. The zero-order chi connectivity index (χ0) is 16.6. The minimum absolute atomic E-state index is 0.765. The van der Waals surface area contributed by atoms with Crippen LogP contribution in [-0.2, 0) is 6.42 Å². The Labute approximate surface area is 143 Å². The number of pyridine rings is 1. The minimum Gasteiger partial charge on any atom is -0.248 e. The SMILES string of the molecule is CCCCCc1ccc(-n2cc(C#Cc3ccccn3)cn2)cc1. The van der Waals surface area contributed by atoms with Crippen molar-refractivity contribution in [2.75, 3.05) is 0 Å². The summed E-state index contributed by atoms with van der Waals surface area (Å²) in [6.07, 6.45) is 10.4. The molecule has 3 rings (SSSR count). The monoisotopic (exact) mass is 315 g/mol. The van der Waals surface area contributed by atoms with Crippen molar-refractivity contribution in [2.45, 2.75) is 32.6 Å². The van der Waals surface area contributed by atoms with Crippen molar-refractivity contribution >= 4 is 0 Å². The van der Waals surface area contributed by atoms with E-state index in [1.807, 2.05) is 29.1 Å². The Hall–Kier alpha value is -2.86. The summed E-state index contributed by atoms with van der Waals surface area (Å²) in [7, 11) is 0. The molecular formula is C21H21N3. The Balaban J connectivity index is 1.68. The summed E-state index contributed by atoms with van der Waals surface area (Å²) in [4.78, 5) is 4.20. The zero-order valence-corrected chi connectivity index (χ0v) is 13.9. The fraction of sp³-hybridized carbons (Fsp3) is 0.238. The average molecular weight is 315 g/mol. The molecule has 2 heterocycles. The van der Waals surface area contributed by atoms with E-state index in [1.54, 1.807) is 12.4 Å². The molecule has 0 saturated carbocycles. The molecule has 24 heavy (non-hydrogen) atoms. The van der Waals surface area contributed by atoms with E-state index < -0.39 is 0 Å². The molecule has 0 amide bonds. The molecule has 1 aromatic carbocycles. The van der Waals surface area contributed by atoms with E-state index in [0.717, 1.165) is 23.4 Å². The topological polar surface area (TPSA) is 30.7 Å². The van der Waals surface area contributed by atoms with Crippen LogP contribution in [0, 0.1) is 11.8 Å². The van der Waals surface area contributed by atoms with Crippen LogP contribution >= 0.6 is 0 Å². The number of hydrogen-bond donors (Lipinski definition) is 0. The maximum atomic E-state index is 4.40. The van der Waals surface area contributed by atoms with E-state index in [1.165, 1.54) is 24.8 Å². The number of unbranched alkanes of at least 4 members (excludes halogenated alkanes) is 2. The van der Waals surface area contributed by atoms with Gasteiger partial charge in [-0.15, -0.1) is 0 Å². The van der Waals surface area contributed by atoms with Crippen LogP contribution in [0.3, 0.4) is 0 Å². The van der Waals surface area contributed by atoms with Crippen molar-refractivity contribution in [2.24, 2.45) is 0 Å². The highest BCUT2D eigenvalue weighted by Gasteiger charge is 2.00. The molecule has 3 aromatic rings. The summed E-state index contributed by atoms with van der Waals surface area (Å²) >= 11 is 0. The van der Waals surface area contributed by atoms with Gasteiger partial charge in [-0.1, -0.05) is 43.9 Å². The van der Waals surface area contributed by atoms with Crippen LogP contribution in [0.2, 0.25) is 0 Å². The molecule has 0 N–H and O–H groups in total. The molecule has 0 unspecified atom stereocenters. The highest BCUT2D eigenvalue weighted by atomic mass is 15.3. The predicted octanol–water partition coefficient (Wildman–Crippen LogP) is 4.40. The lowest BCUT2D eigenvalue weighted by molar-refractivity contribution is 0.717. The molecule has 0 bridgehead atoms. The first kappa shape index (κ1) is 16.0. The van der Waals surface area contributed by atoms with Crippen molar-refractivity contribution in [1.29, 1.82) is 0 Å². The Morgan fingerprint density at radius 1 is 1.00 bits per heavy atom. The largest absolute Gasteiger partial charge is 0.248 e. The standard InChI is InChI=1S/C21H21N3/c1-2-3-4-7-18-10-13-21(14-11-18)24-17-19(16-23-24)9-12-20-8-5-6-15-22-20/h5-6,8,10-11,13-17H,2-4,7H2,1H3. The van der Waals surface area contributed by atoms with Crippen LogP contribution in [0.5, 0.6) is 0 Å². The van der Waals surface area contributed by atoms with Gasteiger partial charge in [0.15, 0.2) is 0 Å². The molecule has 0 saturated heterocycles. The van der Waals surface area contributed by atoms with Crippen molar-refractivity contribution in [1.82, 2.24) is 14.8 Å². The van der Waals surface area contributed by atoms with Gasteiger partial charge in [-0.25, -0.2) is 9.67 Å². The van der Waals surface area contributed by atoms with E-state index in [-0.39, 0.29) is 0 Å². The van der Waals surface area contributed by atoms with E-state index in [4.69, 9.17) is 0 Å². The second kappa shape index (κ2) is 8.12. The van der Waals surface area contributed by atoms with Crippen LogP contribution in [-0.4, -0.2) is 14.8 Å². The van der Waals surface area contributed by atoms with Gasteiger partial charge in [0.1, 0.15) is 5.69 Å². The molecular weight excluding hydrogens is 294 g/mol. The molecule has 120 valence electrons. The molecule has 3 nitrogen and oxygen atoms in total. The maximum Gasteiger partial charge on any atom is 0.113 e. The second-order valence-corrected chi connectivity index (χ2v) is 5.76.